The van der Waals surface area contributed by atoms with E-state index < -0.39 is 11.6 Å². The SMILES string of the molecule is CN=C(NCCNC(=O)C1CC1)NCc1cc(F)ccc1F.I. The van der Waals surface area contributed by atoms with Crippen molar-refractivity contribution in [1.29, 1.82) is 0 Å². The Morgan fingerprint density at radius 3 is 2.57 bits per heavy atom. The molecule has 0 saturated heterocycles. The zero-order valence-electron chi connectivity index (χ0n) is 12.9. The minimum Gasteiger partial charge on any atom is -0.355 e. The van der Waals surface area contributed by atoms with E-state index >= 15 is 0 Å². The first-order valence-corrected chi connectivity index (χ1v) is 7.26. The van der Waals surface area contributed by atoms with Gasteiger partial charge >= 0.3 is 0 Å². The Labute approximate surface area is 151 Å². The van der Waals surface area contributed by atoms with E-state index in [1.165, 1.54) is 0 Å². The van der Waals surface area contributed by atoms with Crippen LogP contribution in [0.2, 0.25) is 0 Å². The zero-order valence-corrected chi connectivity index (χ0v) is 15.2. The second-order valence-electron chi connectivity index (χ2n) is 5.15. The summed E-state index contributed by atoms with van der Waals surface area (Å²) in [7, 11) is 1.58. The van der Waals surface area contributed by atoms with Gasteiger partial charge < -0.3 is 16.0 Å². The van der Waals surface area contributed by atoms with Gasteiger partial charge in [0.1, 0.15) is 11.6 Å². The largest absolute Gasteiger partial charge is 0.355 e. The van der Waals surface area contributed by atoms with Crippen LogP contribution in [0.4, 0.5) is 8.78 Å². The molecule has 0 atom stereocenters. The molecule has 5 nitrogen and oxygen atoms in total. The predicted octanol–water partition coefficient (Wildman–Crippen LogP) is 1.77. The quantitative estimate of drug-likeness (QED) is 0.275. The van der Waals surface area contributed by atoms with Crippen LogP contribution in [0.25, 0.3) is 0 Å². The summed E-state index contributed by atoms with van der Waals surface area (Å²) in [6.07, 6.45) is 1.95. The Morgan fingerprint density at radius 1 is 1.22 bits per heavy atom. The molecule has 0 bridgehead atoms. The number of carbonyl (C=O) groups excluding carboxylic acids is 1. The van der Waals surface area contributed by atoms with Crippen molar-refractivity contribution in [2.75, 3.05) is 20.1 Å². The van der Waals surface area contributed by atoms with Crippen LogP contribution in [0.1, 0.15) is 18.4 Å². The number of carbonyl (C=O) groups is 1. The molecule has 1 aliphatic rings. The fourth-order valence-corrected chi connectivity index (χ4v) is 1.93. The Kier molecular flexibility index (Phi) is 8.21. The van der Waals surface area contributed by atoms with Gasteiger partial charge in [-0.1, -0.05) is 0 Å². The monoisotopic (exact) mass is 438 g/mol. The smallest absolute Gasteiger partial charge is 0.223 e. The van der Waals surface area contributed by atoms with E-state index in [1.54, 1.807) is 7.05 Å². The lowest BCUT2D eigenvalue weighted by molar-refractivity contribution is -0.122. The highest BCUT2D eigenvalue weighted by molar-refractivity contribution is 14.0. The molecule has 1 saturated carbocycles. The van der Waals surface area contributed by atoms with Gasteiger partial charge in [0, 0.05) is 38.2 Å². The lowest BCUT2D eigenvalue weighted by Crippen LogP contribution is -2.41. The highest BCUT2D eigenvalue weighted by atomic mass is 127. The van der Waals surface area contributed by atoms with Gasteiger partial charge in [0.25, 0.3) is 0 Å². The molecule has 23 heavy (non-hydrogen) atoms. The van der Waals surface area contributed by atoms with Crippen LogP contribution >= 0.6 is 24.0 Å². The predicted molar refractivity (Wildman–Crippen MR) is 95.7 cm³/mol. The molecule has 1 aromatic rings. The van der Waals surface area contributed by atoms with E-state index in [1.807, 2.05) is 0 Å². The number of rotatable bonds is 6. The number of nitrogens with zero attached hydrogens (tertiary/aromatic N) is 1. The fraction of sp³-hybridized carbons (Fsp3) is 0.467. The van der Waals surface area contributed by atoms with Gasteiger partial charge in [-0.05, 0) is 31.0 Å². The molecule has 1 aromatic carbocycles. The number of amides is 1. The lowest BCUT2D eigenvalue weighted by Gasteiger charge is -2.12. The maximum Gasteiger partial charge on any atom is 0.223 e. The van der Waals surface area contributed by atoms with Crippen molar-refractivity contribution in [3.63, 3.8) is 0 Å². The summed E-state index contributed by atoms with van der Waals surface area (Å²) in [6.45, 7) is 1.12. The molecule has 2 rings (SSSR count). The summed E-state index contributed by atoms with van der Waals surface area (Å²) >= 11 is 0. The summed E-state index contributed by atoms with van der Waals surface area (Å²) in [6, 6.07) is 3.32. The van der Waals surface area contributed by atoms with Crippen LogP contribution in [0, 0.1) is 17.6 Å². The Bertz CT molecular complexity index is 564. The highest BCUT2D eigenvalue weighted by Gasteiger charge is 2.28. The summed E-state index contributed by atoms with van der Waals surface area (Å²) in [4.78, 5) is 15.4. The van der Waals surface area contributed by atoms with Gasteiger partial charge in [0.2, 0.25) is 5.91 Å². The molecule has 0 radical (unpaired) electrons. The molecule has 8 heteroatoms. The maximum atomic E-state index is 13.5. The van der Waals surface area contributed by atoms with E-state index in [4.69, 9.17) is 0 Å². The van der Waals surface area contributed by atoms with Crippen molar-refractivity contribution in [2.45, 2.75) is 19.4 Å². The molecule has 128 valence electrons. The van der Waals surface area contributed by atoms with Gasteiger partial charge in [0.15, 0.2) is 5.96 Å². The summed E-state index contributed by atoms with van der Waals surface area (Å²) in [5.74, 6) is -0.214. The van der Waals surface area contributed by atoms with E-state index in [2.05, 4.69) is 20.9 Å². The van der Waals surface area contributed by atoms with Crippen molar-refractivity contribution in [1.82, 2.24) is 16.0 Å². The molecule has 1 fully saturated rings. The Balaban J connectivity index is 0.00000264. The Morgan fingerprint density at radius 2 is 1.91 bits per heavy atom. The second kappa shape index (κ2) is 9.64. The fourth-order valence-electron chi connectivity index (χ4n) is 1.93. The first-order chi connectivity index (χ1) is 10.6. The van der Waals surface area contributed by atoms with Gasteiger partial charge in [0.05, 0.1) is 0 Å². The number of guanidine groups is 1. The minimum atomic E-state index is -0.482. The summed E-state index contributed by atoms with van der Waals surface area (Å²) in [5.41, 5.74) is 0.227. The van der Waals surface area contributed by atoms with Gasteiger partial charge in [-0.3, -0.25) is 9.79 Å². The van der Waals surface area contributed by atoms with Crippen molar-refractivity contribution in [2.24, 2.45) is 10.9 Å². The number of aliphatic imine (C=N–C) groups is 1. The lowest BCUT2D eigenvalue weighted by atomic mass is 10.2. The van der Waals surface area contributed by atoms with Crippen molar-refractivity contribution < 1.29 is 13.6 Å². The number of nitrogens with one attached hydrogen (secondary N) is 3. The van der Waals surface area contributed by atoms with Crippen LogP contribution < -0.4 is 16.0 Å². The zero-order chi connectivity index (χ0) is 15.9. The minimum absolute atomic E-state index is 0. The van der Waals surface area contributed by atoms with Crippen LogP contribution in [-0.4, -0.2) is 32.0 Å². The van der Waals surface area contributed by atoms with Gasteiger partial charge in [-0.25, -0.2) is 8.78 Å². The number of benzene rings is 1. The topological polar surface area (TPSA) is 65.5 Å². The number of hydrogen-bond acceptors (Lipinski definition) is 2. The summed E-state index contributed by atoms with van der Waals surface area (Å²) in [5, 5.41) is 8.71. The van der Waals surface area contributed by atoms with Gasteiger partial charge in [-0.15, -0.1) is 24.0 Å². The average Bonchev–Trinajstić information content (AvgIpc) is 3.34. The number of halogens is 3. The first kappa shape index (κ1) is 19.6. The third-order valence-electron chi connectivity index (χ3n) is 3.34. The molecule has 0 heterocycles. The normalized spacial score (nSPS) is 14.0. The molecule has 0 unspecified atom stereocenters. The molecule has 0 aliphatic heterocycles. The number of hydrogen-bond donors (Lipinski definition) is 3. The van der Waals surface area contributed by atoms with E-state index in [0.29, 0.717) is 19.0 Å². The van der Waals surface area contributed by atoms with Crippen LogP contribution in [0.5, 0.6) is 0 Å². The highest BCUT2D eigenvalue weighted by Crippen LogP contribution is 2.28. The maximum absolute atomic E-state index is 13.5. The molecule has 1 aliphatic carbocycles. The molecular weight excluding hydrogens is 417 g/mol. The molecule has 3 N–H and O–H groups in total. The second-order valence-corrected chi connectivity index (χ2v) is 5.15. The third-order valence-corrected chi connectivity index (χ3v) is 3.34. The molecule has 0 spiro atoms. The average molecular weight is 438 g/mol. The van der Waals surface area contributed by atoms with Crippen LogP contribution in [0.15, 0.2) is 23.2 Å². The third kappa shape index (κ3) is 6.67. The van der Waals surface area contributed by atoms with Gasteiger partial charge in [-0.2, -0.15) is 0 Å². The van der Waals surface area contributed by atoms with E-state index in [-0.39, 0.29) is 47.9 Å². The molecular formula is C15H21F2IN4O. The standard InChI is InChI=1S/C15H20F2N4O.HI/c1-18-15(20-7-6-19-14(22)10-2-3-10)21-9-11-8-12(16)4-5-13(11)17;/h4-5,8,10H,2-3,6-7,9H2,1H3,(H,19,22)(H2,18,20,21);1H. The molecule has 0 aromatic heterocycles. The summed E-state index contributed by atoms with van der Waals surface area (Å²) < 4.78 is 26.6. The van der Waals surface area contributed by atoms with Crippen molar-refractivity contribution in [3.05, 3.63) is 35.4 Å². The van der Waals surface area contributed by atoms with Crippen LogP contribution in [0.3, 0.4) is 0 Å². The first-order valence-electron chi connectivity index (χ1n) is 7.26. The Hall–Kier alpha value is -1.45. The molecule has 1 amide bonds. The van der Waals surface area contributed by atoms with Crippen molar-refractivity contribution >= 4 is 35.8 Å². The van der Waals surface area contributed by atoms with Crippen molar-refractivity contribution in [3.8, 4) is 0 Å². The van der Waals surface area contributed by atoms with Crippen LogP contribution in [-0.2, 0) is 11.3 Å². The van der Waals surface area contributed by atoms with E-state index in [9.17, 15) is 13.6 Å². The van der Waals surface area contributed by atoms with E-state index in [0.717, 1.165) is 31.0 Å².